The SMILES string of the molecule is CC(C)C(CN)C(=O)N1CCCC(C)(O)C1. The zero-order valence-corrected chi connectivity index (χ0v) is 10.6. The number of piperidine rings is 1. The van der Waals surface area contributed by atoms with E-state index in [4.69, 9.17) is 5.73 Å². The minimum atomic E-state index is -0.732. The summed E-state index contributed by atoms with van der Waals surface area (Å²) in [5, 5.41) is 9.96. The van der Waals surface area contributed by atoms with Gasteiger partial charge in [0.2, 0.25) is 5.91 Å². The predicted octanol–water partition coefficient (Wildman–Crippen LogP) is 0.591. The summed E-state index contributed by atoms with van der Waals surface area (Å²) >= 11 is 0. The summed E-state index contributed by atoms with van der Waals surface area (Å²) in [5.41, 5.74) is 4.91. The molecule has 1 amide bonds. The highest BCUT2D eigenvalue weighted by atomic mass is 16.3. The van der Waals surface area contributed by atoms with E-state index in [1.807, 2.05) is 13.8 Å². The molecular formula is C12H24N2O2. The Kier molecular flexibility index (Phi) is 4.33. The van der Waals surface area contributed by atoms with Gasteiger partial charge >= 0.3 is 0 Å². The van der Waals surface area contributed by atoms with Crippen molar-refractivity contribution in [2.45, 2.75) is 39.2 Å². The van der Waals surface area contributed by atoms with Crippen LogP contribution in [-0.4, -0.2) is 41.1 Å². The maximum Gasteiger partial charge on any atom is 0.227 e. The summed E-state index contributed by atoms with van der Waals surface area (Å²) < 4.78 is 0. The van der Waals surface area contributed by atoms with Gasteiger partial charge in [-0.25, -0.2) is 0 Å². The van der Waals surface area contributed by atoms with Crippen LogP contribution in [0.25, 0.3) is 0 Å². The number of hydrogen-bond donors (Lipinski definition) is 2. The van der Waals surface area contributed by atoms with Gasteiger partial charge in [0.15, 0.2) is 0 Å². The largest absolute Gasteiger partial charge is 0.388 e. The number of amides is 1. The lowest BCUT2D eigenvalue weighted by atomic mass is 9.90. The quantitative estimate of drug-likeness (QED) is 0.743. The molecule has 0 aliphatic carbocycles. The lowest BCUT2D eigenvalue weighted by Crippen LogP contribution is -2.51. The second kappa shape index (κ2) is 5.15. The lowest BCUT2D eigenvalue weighted by Gasteiger charge is -2.38. The Morgan fingerprint density at radius 2 is 2.19 bits per heavy atom. The van der Waals surface area contributed by atoms with Gasteiger partial charge in [0, 0.05) is 19.6 Å². The molecule has 1 fully saturated rings. The minimum absolute atomic E-state index is 0.0949. The van der Waals surface area contributed by atoms with Crippen LogP contribution < -0.4 is 5.73 Å². The van der Waals surface area contributed by atoms with Gasteiger partial charge in [-0.05, 0) is 25.7 Å². The molecule has 4 heteroatoms. The fourth-order valence-electron chi connectivity index (χ4n) is 2.30. The van der Waals surface area contributed by atoms with E-state index in [0.717, 1.165) is 19.4 Å². The maximum atomic E-state index is 12.2. The molecule has 0 aromatic heterocycles. The van der Waals surface area contributed by atoms with Gasteiger partial charge in [-0.1, -0.05) is 13.8 Å². The zero-order chi connectivity index (χ0) is 12.3. The Bertz CT molecular complexity index is 251. The van der Waals surface area contributed by atoms with Crippen LogP contribution in [0.15, 0.2) is 0 Å². The molecule has 2 unspecified atom stereocenters. The Labute approximate surface area is 97.8 Å². The van der Waals surface area contributed by atoms with Gasteiger partial charge in [-0.3, -0.25) is 4.79 Å². The van der Waals surface area contributed by atoms with Crippen LogP contribution >= 0.6 is 0 Å². The van der Waals surface area contributed by atoms with Crippen molar-refractivity contribution in [3.05, 3.63) is 0 Å². The van der Waals surface area contributed by atoms with Crippen molar-refractivity contribution in [3.63, 3.8) is 0 Å². The van der Waals surface area contributed by atoms with Crippen LogP contribution in [0.1, 0.15) is 33.6 Å². The first-order valence-electron chi connectivity index (χ1n) is 6.08. The van der Waals surface area contributed by atoms with Crippen molar-refractivity contribution in [2.24, 2.45) is 17.6 Å². The number of β-amino-alcohol motifs (C(OH)–C–C–N with tert-alkyl or cyclic N) is 1. The highest BCUT2D eigenvalue weighted by Crippen LogP contribution is 2.23. The molecule has 1 heterocycles. The Balaban J connectivity index is 2.66. The molecule has 0 aromatic rings. The van der Waals surface area contributed by atoms with E-state index >= 15 is 0 Å². The first kappa shape index (κ1) is 13.5. The number of aliphatic hydroxyl groups is 1. The monoisotopic (exact) mass is 228 g/mol. The molecule has 94 valence electrons. The van der Waals surface area contributed by atoms with Crippen LogP contribution in [0.4, 0.5) is 0 Å². The molecule has 0 radical (unpaired) electrons. The number of carbonyl (C=O) groups excluding carboxylic acids is 1. The fourth-order valence-corrected chi connectivity index (χ4v) is 2.30. The summed E-state index contributed by atoms with van der Waals surface area (Å²) in [6, 6.07) is 0. The van der Waals surface area contributed by atoms with Gasteiger partial charge in [-0.15, -0.1) is 0 Å². The normalized spacial score (nSPS) is 28.2. The van der Waals surface area contributed by atoms with E-state index in [1.54, 1.807) is 11.8 Å². The highest BCUT2D eigenvalue weighted by Gasteiger charge is 2.34. The molecule has 1 rings (SSSR count). The second-order valence-corrected chi connectivity index (χ2v) is 5.45. The summed E-state index contributed by atoms with van der Waals surface area (Å²) in [5.74, 6) is 0.232. The predicted molar refractivity (Wildman–Crippen MR) is 63.8 cm³/mol. The molecule has 0 saturated carbocycles. The smallest absolute Gasteiger partial charge is 0.227 e. The summed E-state index contributed by atoms with van der Waals surface area (Å²) in [4.78, 5) is 14.0. The summed E-state index contributed by atoms with van der Waals surface area (Å²) in [6.07, 6.45) is 1.64. The molecule has 0 aromatic carbocycles. The molecule has 4 nitrogen and oxygen atoms in total. The van der Waals surface area contributed by atoms with Crippen molar-refractivity contribution in [1.29, 1.82) is 0 Å². The Hall–Kier alpha value is -0.610. The first-order valence-corrected chi connectivity index (χ1v) is 6.08. The number of likely N-dealkylation sites (tertiary alicyclic amines) is 1. The second-order valence-electron chi connectivity index (χ2n) is 5.45. The standard InChI is InChI=1S/C12H24N2O2/c1-9(2)10(7-13)11(15)14-6-4-5-12(3,16)8-14/h9-10,16H,4-8,13H2,1-3H3. The van der Waals surface area contributed by atoms with Crippen LogP contribution in [0, 0.1) is 11.8 Å². The first-order chi connectivity index (χ1) is 7.37. The number of carbonyl (C=O) groups is 1. The van der Waals surface area contributed by atoms with Crippen molar-refractivity contribution in [2.75, 3.05) is 19.6 Å². The maximum absolute atomic E-state index is 12.2. The van der Waals surface area contributed by atoms with Gasteiger partial charge in [0.1, 0.15) is 0 Å². The minimum Gasteiger partial charge on any atom is -0.388 e. The molecule has 0 spiro atoms. The van der Waals surface area contributed by atoms with Crippen molar-refractivity contribution < 1.29 is 9.90 Å². The molecule has 1 aliphatic heterocycles. The highest BCUT2D eigenvalue weighted by molar-refractivity contribution is 5.79. The number of rotatable bonds is 3. The van der Waals surface area contributed by atoms with Crippen molar-refractivity contribution >= 4 is 5.91 Å². The van der Waals surface area contributed by atoms with Gasteiger partial charge in [-0.2, -0.15) is 0 Å². The molecule has 0 bridgehead atoms. The number of hydrogen-bond acceptors (Lipinski definition) is 3. The van der Waals surface area contributed by atoms with Crippen LogP contribution in [0.5, 0.6) is 0 Å². The average molecular weight is 228 g/mol. The van der Waals surface area contributed by atoms with Crippen molar-refractivity contribution in [3.8, 4) is 0 Å². The van der Waals surface area contributed by atoms with Gasteiger partial charge in [0.05, 0.1) is 11.5 Å². The van der Waals surface area contributed by atoms with Crippen molar-refractivity contribution in [1.82, 2.24) is 4.90 Å². The molecule has 1 aliphatic rings. The topological polar surface area (TPSA) is 66.6 Å². The molecule has 1 saturated heterocycles. The Morgan fingerprint density at radius 3 is 2.62 bits per heavy atom. The number of nitrogens with two attached hydrogens (primary N) is 1. The van der Waals surface area contributed by atoms with E-state index < -0.39 is 5.60 Å². The zero-order valence-electron chi connectivity index (χ0n) is 10.6. The molecular weight excluding hydrogens is 204 g/mol. The van der Waals surface area contributed by atoms with Gasteiger partial charge in [0.25, 0.3) is 0 Å². The van der Waals surface area contributed by atoms with E-state index in [9.17, 15) is 9.90 Å². The summed E-state index contributed by atoms with van der Waals surface area (Å²) in [7, 11) is 0. The molecule has 2 atom stereocenters. The average Bonchev–Trinajstić information content (AvgIpc) is 2.16. The van der Waals surface area contributed by atoms with Gasteiger partial charge < -0.3 is 15.7 Å². The van der Waals surface area contributed by atoms with Crippen LogP contribution in [0.2, 0.25) is 0 Å². The van der Waals surface area contributed by atoms with E-state index in [-0.39, 0.29) is 17.7 Å². The van der Waals surface area contributed by atoms with E-state index in [1.165, 1.54) is 0 Å². The Morgan fingerprint density at radius 1 is 1.56 bits per heavy atom. The van der Waals surface area contributed by atoms with E-state index in [2.05, 4.69) is 0 Å². The third kappa shape index (κ3) is 3.19. The summed E-state index contributed by atoms with van der Waals surface area (Å²) in [6.45, 7) is 7.39. The lowest BCUT2D eigenvalue weighted by molar-refractivity contribution is -0.142. The fraction of sp³-hybridized carbons (Fsp3) is 0.917. The molecule has 3 N–H and O–H groups in total. The third-order valence-electron chi connectivity index (χ3n) is 3.36. The van der Waals surface area contributed by atoms with Crippen LogP contribution in [-0.2, 0) is 4.79 Å². The third-order valence-corrected chi connectivity index (χ3v) is 3.36. The molecule has 16 heavy (non-hydrogen) atoms. The van der Waals surface area contributed by atoms with Crippen LogP contribution in [0.3, 0.4) is 0 Å². The number of nitrogens with zero attached hydrogens (tertiary/aromatic N) is 1. The van der Waals surface area contributed by atoms with E-state index in [0.29, 0.717) is 13.1 Å².